The van der Waals surface area contributed by atoms with Gasteiger partial charge in [0.15, 0.2) is 0 Å². The van der Waals surface area contributed by atoms with E-state index in [1.165, 1.54) is 11.3 Å². The number of carboxylic acids is 1. The fourth-order valence-electron chi connectivity index (χ4n) is 1.48. The Labute approximate surface area is 131 Å². The summed E-state index contributed by atoms with van der Waals surface area (Å²) >= 11 is 8.89. The summed E-state index contributed by atoms with van der Waals surface area (Å²) in [6, 6.07) is 3.82. The summed E-state index contributed by atoms with van der Waals surface area (Å²) in [5.74, 6) is 0.546. The SMILES string of the molecule is CC(CCC(=O)O)CNC(=O)CSCc1ccc(Cl)s1. The molecule has 7 heteroatoms. The first kappa shape index (κ1) is 17.3. The van der Waals surface area contributed by atoms with Gasteiger partial charge in [-0.25, -0.2) is 0 Å². The molecule has 112 valence electrons. The van der Waals surface area contributed by atoms with Crippen molar-refractivity contribution in [2.24, 2.45) is 5.92 Å². The third-order valence-electron chi connectivity index (χ3n) is 2.61. The maximum Gasteiger partial charge on any atom is 0.303 e. The Morgan fingerprint density at radius 2 is 2.25 bits per heavy atom. The van der Waals surface area contributed by atoms with Gasteiger partial charge in [0.1, 0.15) is 0 Å². The number of rotatable bonds is 9. The Bertz CT molecular complexity index is 451. The number of amides is 1. The summed E-state index contributed by atoms with van der Waals surface area (Å²) in [7, 11) is 0. The summed E-state index contributed by atoms with van der Waals surface area (Å²) in [5.41, 5.74) is 0. The molecule has 0 radical (unpaired) electrons. The van der Waals surface area contributed by atoms with Crippen molar-refractivity contribution in [2.75, 3.05) is 12.3 Å². The van der Waals surface area contributed by atoms with Gasteiger partial charge in [-0.2, -0.15) is 0 Å². The minimum absolute atomic E-state index is 0.0140. The Kier molecular flexibility index (Phi) is 8.02. The van der Waals surface area contributed by atoms with Crippen LogP contribution < -0.4 is 5.32 Å². The van der Waals surface area contributed by atoms with Gasteiger partial charge in [0, 0.05) is 23.6 Å². The zero-order valence-electron chi connectivity index (χ0n) is 11.2. The molecule has 1 amide bonds. The zero-order chi connectivity index (χ0) is 15.0. The number of aliphatic carboxylic acids is 1. The van der Waals surface area contributed by atoms with Crippen molar-refractivity contribution in [3.8, 4) is 0 Å². The second-order valence-corrected chi connectivity index (χ2v) is 7.33. The van der Waals surface area contributed by atoms with Gasteiger partial charge in [0.05, 0.1) is 10.1 Å². The summed E-state index contributed by atoms with van der Waals surface area (Å²) in [4.78, 5) is 23.2. The molecule has 0 aliphatic heterocycles. The van der Waals surface area contributed by atoms with Crippen molar-refractivity contribution in [1.82, 2.24) is 5.32 Å². The van der Waals surface area contributed by atoms with Crippen LogP contribution in [0.5, 0.6) is 0 Å². The smallest absolute Gasteiger partial charge is 0.303 e. The van der Waals surface area contributed by atoms with Crippen LogP contribution in [0.25, 0.3) is 0 Å². The third kappa shape index (κ3) is 7.77. The quantitative estimate of drug-likeness (QED) is 0.727. The molecular formula is C13H18ClNO3S2. The van der Waals surface area contributed by atoms with Gasteiger partial charge in [0.2, 0.25) is 5.91 Å². The summed E-state index contributed by atoms with van der Waals surface area (Å²) in [6.45, 7) is 2.46. The highest BCUT2D eigenvalue weighted by Gasteiger charge is 2.08. The van der Waals surface area contributed by atoms with E-state index in [1.807, 2.05) is 19.1 Å². The molecule has 4 nitrogen and oxygen atoms in total. The van der Waals surface area contributed by atoms with Gasteiger partial charge in [-0.05, 0) is 24.5 Å². The normalized spacial score (nSPS) is 12.1. The second-order valence-electron chi connectivity index (χ2n) is 4.54. The highest BCUT2D eigenvalue weighted by molar-refractivity contribution is 7.99. The van der Waals surface area contributed by atoms with Crippen LogP contribution in [-0.4, -0.2) is 29.3 Å². The maximum atomic E-state index is 11.6. The topological polar surface area (TPSA) is 66.4 Å². The molecule has 1 aromatic heterocycles. The molecule has 0 saturated carbocycles. The molecule has 0 aliphatic rings. The van der Waals surface area contributed by atoms with E-state index in [1.54, 1.807) is 11.8 Å². The van der Waals surface area contributed by atoms with Crippen LogP contribution in [0.1, 0.15) is 24.6 Å². The number of nitrogens with one attached hydrogen (secondary N) is 1. The molecule has 1 atom stereocenters. The van der Waals surface area contributed by atoms with Gasteiger partial charge in [-0.1, -0.05) is 18.5 Å². The average molecular weight is 336 g/mol. The Morgan fingerprint density at radius 1 is 1.50 bits per heavy atom. The predicted octanol–water partition coefficient (Wildman–Crippen LogP) is 3.25. The van der Waals surface area contributed by atoms with E-state index in [0.717, 1.165) is 15.0 Å². The van der Waals surface area contributed by atoms with E-state index in [2.05, 4.69) is 5.32 Å². The first-order valence-electron chi connectivity index (χ1n) is 6.28. The number of carbonyl (C=O) groups excluding carboxylic acids is 1. The molecule has 1 rings (SSSR count). The highest BCUT2D eigenvalue weighted by Crippen LogP contribution is 2.24. The Hall–Kier alpha value is -0.720. The molecule has 1 heterocycles. The van der Waals surface area contributed by atoms with Crippen molar-refractivity contribution in [3.05, 3.63) is 21.3 Å². The minimum atomic E-state index is -0.798. The highest BCUT2D eigenvalue weighted by atomic mass is 35.5. The van der Waals surface area contributed by atoms with Crippen LogP contribution in [-0.2, 0) is 15.3 Å². The van der Waals surface area contributed by atoms with E-state index in [9.17, 15) is 9.59 Å². The molecule has 1 aromatic rings. The fraction of sp³-hybridized carbons (Fsp3) is 0.538. The van der Waals surface area contributed by atoms with Crippen molar-refractivity contribution < 1.29 is 14.7 Å². The molecule has 0 saturated heterocycles. The number of halogens is 1. The zero-order valence-corrected chi connectivity index (χ0v) is 13.6. The van der Waals surface area contributed by atoms with Crippen molar-refractivity contribution >= 4 is 46.6 Å². The van der Waals surface area contributed by atoms with Gasteiger partial charge in [0.25, 0.3) is 0 Å². The lowest BCUT2D eigenvalue weighted by Crippen LogP contribution is -2.29. The standard InChI is InChI=1S/C13H18ClNO3S2/c1-9(2-5-13(17)18)6-15-12(16)8-19-7-10-3-4-11(14)20-10/h3-4,9H,2,5-8H2,1H3,(H,15,16)(H,17,18). The second kappa shape index (κ2) is 9.26. The molecule has 0 aliphatic carbocycles. The summed E-state index contributed by atoms with van der Waals surface area (Å²) in [5, 5.41) is 11.4. The Balaban J connectivity index is 2.09. The van der Waals surface area contributed by atoms with E-state index in [-0.39, 0.29) is 18.2 Å². The van der Waals surface area contributed by atoms with Gasteiger partial charge in [-0.3, -0.25) is 9.59 Å². The largest absolute Gasteiger partial charge is 0.481 e. The fourth-order valence-corrected chi connectivity index (χ4v) is 3.54. The lowest BCUT2D eigenvalue weighted by Gasteiger charge is -2.11. The molecule has 20 heavy (non-hydrogen) atoms. The molecule has 2 N–H and O–H groups in total. The first-order valence-corrected chi connectivity index (χ1v) is 8.62. The van der Waals surface area contributed by atoms with Crippen molar-refractivity contribution in [1.29, 1.82) is 0 Å². The molecular weight excluding hydrogens is 318 g/mol. The number of thioether (sulfide) groups is 1. The van der Waals surface area contributed by atoms with Crippen molar-refractivity contribution in [2.45, 2.75) is 25.5 Å². The van der Waals surface area contributed by atoms with E-state index < -0.39 is 5.97 Å². The van der Waals surface area contributed by atoms with Gasteiger partial charge >= 0.3 is 5.97 Å². The Morgan fingerprint density at radius 3 is 2.85 bits per heavy atom. The molecule has 0 fully saturated rings. The van der Waals surface area contributed by atoms with Crippen LogP contribution in [0.3, 0.4) is 0 Å². The predicted molar refractivity (Wildman–Crippen MR) is 84.5 cm³/mol. The van der Waals surface area contributed by atoms with Crippen LogP contribution in [0, 0.1) is 5.92 Å². The third-order valence-corrected chi connectivity index (χ3v) is 5.00. The number of carbonyl (C=O) groups is 2. The molecule has 0 spiro atoms. The lowest BCUT2D eigenvalue weighted by atomic mass is 10.1. The van der Waals surface area contributed by atoms with Crippen LogP contribution in [0.4, 0.5) is 0 Å². The number of hydrogen-bond donors (Lipinski definition) is 2. The molecule has 0 aromatic carbocycles. The van der Waals surface area contributed by atoms with E-state index >= 15 is 0 Å². The summed E-state index contributed by atoms with van der Waals surface area (Å²) < 4.78 is 0.761. The van der Waals surface area contributed by atoms with Crippen LogP contribution in [0.2, 0.25) is 4.34 Å². The number of hydrogen-bond acceptors (Lipinski definition) is 4. The maximum absolute atomic E-state index is 11.6. The number of thiophene rings is 1. The monoisotopic (exact) mass is 335 g/mol. The first-order chi connectivity index (χ1) is 9.47. The van der Waals surface area contributed by atoms with Crippen LogP contribution in [0.15, 0.2) is 12.1 Å². The van der Waals surface area contributed by atoms with E-state index in [0.29, 0.717) is 18.7 Å². The van der Waals surface area contributed by atoms with E-state index in [4.69, 9.17) is 16.7 Å². The lowest BCUT2D eigenvalue weighted by molar-refractivity contribution is -0.137. The van der Waals surface area contributed by atoms with Crippen LogP contribution >= 0.6 is 34.7 Å². The van der Waals surface area contributed by atoms with Gasteiger partial charge in [-0.15, -0.1) is 23.1 Å². The molecule has 0 bridgehead atoms. The average Bonchev–Trinajstić information content (AvgIpc) is 2.79. The minimum Gasteiger partial charge on any atom is -0.481 e. The molecule has 1 unspecified atom stereocenters. The summed E-state index contributed by atoms with van der Waals surface area (Å²) in [6.07, 6.45) is 0.724. The van der Waals surface area contributed by atoms with Gasteiger partial charge < -0.3 is 10.4 Å². The number of carboxylic acid groups (broad SMARTS) is 1. The van der Waals surface area contributed by atoms with Crippen molar-refractivity contribution in [3.63, 3.8) is 0 Å².